The summed E-state index contributed by atoms with van der Waals surface area (Å²) in [5.41, 5.74) is 0.445. The minimum absolute atomic E-state index is 0.0270. The highest BCUT2D eigenvalue weighted by Gasteiger charge is 2.28. The number of rotatable bonds is 8. The molecule has 23 heavy (non-hydrogen) atoms. The number of amides is 2. The molecule has 128 valence electrons. The number of thioether (sulfide) groups is 1. The Hall–Kier alpha value is -1.67. The summed E-state index contributed by atoms with van der Waals surface area (Å²) in [6.07, 6.45) is -1.41. The number of nitrogens with zero attached hydrogens (tertiary/aromatic N) is 2. The van der Waals surface area contributed by atoms with Crippen LogP contribution in [0.5, 0.6) is 0 Å². The third kappa shape index (κ3) is 6.15. The zero-order chi connectivity index (χ0) is 17.4. The molecule has 0 aliphatic carbocycles. The summed E-state index contributed by atoms with van der Waals surface area (Å²) in [5, 5.41) is 1.53. The predicted molar refractivity (Wildman–Crippen MR) is 86.2 cm³/mol. The van der Waals surface area contributed by atoms with Gasteiger partial charge in [0.25, 0.3) is 0 Å². The summed E-state index contributed by atoms with van der Waals surface area (Å²) in [7, 11) is 1.44. The van der Waals surface area contributed by atoms with Crippen LogP contribution in [0.25, 0.3) is 0 Å². The van der Waals surface area contributed by atoms with E-state index in [1.54, 1.807) is 0 Å². The highest BCUT2D eigenvalue weighted by molar-refractivity contribution is 8.06. The van der Waals surface area contributed by atoms with Crippen molar-refractivity contribution >= 4 is 23.8 Å². The molecule has 0 aromatic heterocycles. The number of carbonyl (C=O) groups excluding carboxylic acids is 2. The van der Waals surface area contributed by atoms with Crippen LogP contribution in [0.2, 0.25) is 0 Å². The van der Waals surface area contributed by atoms with E-state index in [1.807, 2.05) is 0 Å². The van der Waals surface area contributed by atoms with Crippen molar-refractivity contribution in [2.24, 2.45) is 0 Å². The third-order valence-electron chi connectivity index (χ3n) is 3.21. The summed E-state index contributed by atoms with van der Waals surface area (Å²) in [6, 6.07) is 0. The molecule has 0 spiro atoms. The first-order valence-electron chi connectivity index (χ1n) is 6.93. The number of hydrogen-bond acceptors (Lipinski definition) is 4. The summed E-state index contributed by atoms with van der Waals surface area (Å²) in [6.45, 7) is 7.16. The molecule has 2 amide bonds. The second-order valence-electron chi connectivity index (χ2n) is 4.90. The summed E-state index contributed by atoms with van der Waals surface area (Å²) >= 11 is 1.19. The molecule has 1 atom stereocenters. The van der Waals surface area contributed by atoms with Crippen molar-refractivity contribution in [2.75, 3.05) is 33.4 Å². The van der Waals surface area contributed by atoms with Gasteiger partial charge in [0, 0.05) is 30.3 Å². The largest absolute Gasteiger partial charge is 0.404 e. The van der Waals surface area contributed by atoms with Gasteiger partial charge in [-0.3, -0.25) is 9.69 Å². The van der Waals surface area contributed by atoms with E-state index in [-0.39, 0.29) is 26.1 Å². The Kier molecular flexibility index (Phi) is 7.97. The van der Waals surface area contributed by atoms with Gasteiger partial charge in [0.2, 0.25) is 5.91 Å². The van der Waals surface area contributed by atoms with Gasteiger partial charge in [0.15, 0.2) is 0 Å². The van der Waals surface area contributed by atoms with Gasteiger partial charge in [-0.15, -0.1) is 4.39 Å². The van der Waals surface area contributed by atoms with E-state index in [0.717, 1.165) is 0 Å². The standard InChI is InChI=1S/C15H20F2N2O3S/c1-4-23-11(2)12(10-22-3)7-19(15(17)21)9-14(20)18-6-5-13(16)8-18/h4,7,13H,1-2,5-6,8-10H2,3H3/b12-7-. The normalized spacial score (nSPS) is 18.0. The number of methoxy groups -OCH3 is 1. The van der Waals surface area contributed by atoms with E-state index < -0.39 is 24.8 Å². The molecular weight excluding hydrogens is 326 g/mol. The number of halogens is 2. The fourth-order valence-corrected chi connectivity index (χ4v) is 2.52. The van der Waals surface area contributed by atoms with E-state index in [9.17, 15) is 18.4 Å². The van der Waals surface area contributed by atoms with Crippen LogP contribution in [-0.2, 0) is 9.53 Å². The highest BCUT2D eigenvalue weighted by Crippen LogP contribution is 2.23. The lowest BCUT2D eigenvalue weighted by Gasteiger charge is -2.21. The molecule has 1 unspecified atom stereocenters. The molecule has 1 rings (SSSR count). The second kappa shape index (κ2) is 9.46. The van der Waals surface area contributed by atoms with Gasteiger partial charge in [-0.2, -0.15) is 0 Å². The maximum absolute atomic E-state index is 13.2. The van der Waals surface area contributed by atoms with E-state index in [1.165, 1.54) is 35.4 Å². The molecule has 0 N–H and O–H groups in total. The molecule has 1 heterocycles. The van der Waals surface area contributed by atoms with Crippen molar-refractivity contribution in [3.05, 3.63) is 35.2 Å². The predicted octanol–water partition coefficient (Wildman–Crippen LogP) is 2.87. The van der Waals surface area contributed by atoms with Crippen LogP contribution in [0, 0.1) is 0 Å². The zero-order valence-electron chi connectivity index (χ0n) is 13.0. The molecule has 1 aliphatic heterocycles. The number of carbonyl (C=O) groups is 2. The first-order valence-corrected chi connectivity index (χ1v) is 7.81. The van der Waals surface area contributed by atoms with Crippen LogP contribution in [0.4, 0.5) is 13.6 Å². The van der Waals surface area contributed by atoms with Gasteiger partial charge in [-0.05, 0) is 11.8 Å². The minimum Gasteiger partial charge on any atom is -0.380 e. The fourth-order valence-electron chi connectivity index (χ4n) is 2.06. The summed E-state index contributed by atoms with van der Waals surface area (Å²) in [5.74, 6) is -0.508. The average molecular weight is 346 g/mol. The van der Waals surface area contributed by atoms with Crippen molar-refractivity contribution in [1.29, 1.82) is 0 Å². The summed E-state index contributed by atoms with van der Waals surface area (Å²) < 4.78 is 31.4. The molecular formula is C15H20F2N2O3S. The fraction of sp³-hybridized carbons (Fsp3) is 0.467. The van der Waals surface area contributed by atoms with Crippen molar-refractivity contribution in [3.63, 3.8) is 0 Å². The van der Waals surface area contributed by atoms with E-state index in [0.29, 0.717) is 15.4 Å². The number of ether oxygens (including phenoxy) is 1. The third-order valence-corrected chi connectivity index (χ3v) is 3.92. The zero-order valence-corrected chi connectivity index (χ0v) is 13.8. The first kappa shape index (κ1) is 19.4. The quantitative estimate of drug-likeness (QED) is 0.385. The molecule has 0 bridgehead atoms. The summed E-state index contributed by atoms with van der Waals surface area (Å²) in [4.78, 5) is 25.6. The van der Waals surface area contributed by atoms with Crippen LogP contribution in [0.1, 0.15) is 6.42 Å². The lowest BCUT2D eigenvalue weighted by Crippen LogP contribution is -2.38. The van der Waals surface area contributed by atoms with Crippen LogP contribution in [0.3, 0.4) is 0 Å². The molecule has 1 fully saturated rings. The molecule has 0 aromatic rings. The second-order valence-corrected chi connectivity index (χ2v) is 5.96. The molecule has 1 saturated heterocycles. The van der Waals surface area contributed by atoms with Gasteiger partial charge in [0.1, 0.15) is 12.7 Å². The maximum atomic E-state index is 13.2. The minimum atomic E-state index is -1.78. The monoisotopic (exact) mass is 346 g/mol. The van der Waals surface area contributed by atoms with Crippen molar-refractivity contribution < 1.29 is 23.1 Å². The van der Waals surface area contributed by atoms with E-state index >= 15 is 0 Å². The molecule has 0 radical (unpaired) electrons. The SMILES string of the molecule is C=CSC(=C)/C(=C\N(CC(=O)N1CCC(F)C1)C(=O)F)COC. The van der Waals surface area contributed by atoms with Gasteiger partial charge >= 0.3 is 6.16 Å². The van der Waals surface area contributed by atoms with Gasteiger partial charge in [0.05, 0.1) is 13.2 Å². The maximum Gasteiger partial charge on any atom is 0.404 e. The number of likely N-dealkylation sites (tertiary alicyclic amines) is 1. The first-order chi connectivity index (χ1) is 10.9. The Bertz CT molecular complexity index is 511. The lowest BCUT2D eigenvalue weighted by atomic mass is 10.3. The molecule has 1 aliphatic rings. The average Bonchev–Trinajstić information content (AvgIpc) is 2.92. The molecule has 0 saturated carbocycles. The van der Waals surface area contributed by atoms with Crippen molar-refractivity contribution in [2.45, 2.75) is 12.6 Å². The Morgan fingerprint density at radius 3 is 2.70 bits per heavy atom. The Labute approximate surface area is 138 Å². The molecule has 5 nitrogen and oxygen atoms in total. The van der Waals surface area contributed by atoms with Crippen LogP contribution in [0.15, 0.2) is 35.2 Å². The van der Waals surface area contributed by atoms with Crippen LogP contribution in [-0.4, -0.2) is 61.4 Å². The Morgan fingerprint density at radius 1 is 1.52 bits per heavy atom. The molecule has 0 aromatic carbocycles. The Morgan fingerprint density at radius 2 is 2.22 bits per heavy atom. The highest BCUT2D eigenvalue weighted by atomic mass is 32.2. The van der Waals surface area contributed by atoms with Gasteiger partial charge in [-0.25, -0.2) is 9.18 Å². The van der Waals surface area contributed by atoms with Crippen LogP contribution < -0.4 is 0 Å². The van der Waals surface area contributed by atoms with E-state index in [4.69, 9.17) is 4.74 Å². The topological polar surface area (TPSA) is 49.9 Å². The van der Waals surface area contributed by atoms with Gasteiger partial charge < -0.3 is 9.64 Å². The lowest BCUT2D eigenvalue weighted by molar-refractivity contribution is -0.130. The smallest absolute Gasteiger partial charge is 0.380 e. The van der Waals surface area contributed by atoms with Crippen molar-refractivity contribution in [3.8, 4) is 0 Å². The Balaban J connectivity index is 2.84. The number of alkyl halides is 1. The number of hydrogen-bond donors (Lipinski definition) is 0. The van der Waals surface area contributed by atoms with Crippen molar-refractivity contribution in [1.82, 2.24) is 9.80 Å². The van der Waals surface area contributed by atoms with E-state index in [2.05, 4.69) is 13.2 Å². The van der Waals surface area contributed by atoms with Gasteiger partial charge in [-0.1, -0.05) is 24.9 Å². The van der Waals surface area contributed by atoms with Crippen LogP contribution >= 0.6 is 11.8 Å². The molecule has 8 heteroatoms.